The Labute approximate surface area is 152 Å². The number of nitrogens with one attached hydrogen (secondary N) is 1. The van der Waals surface area contributed by atoms with Crippen LogP contribution in [0.4, 0.5) is 0 Å². The van der Waals surface area contributed by atoms with Crippen LogP contribution >= 0.6 is 0 Å². The Kier molecular flexibility index (Phi) is 5.63. The number of carbonyl (C=O) groups excluding carboxylic acids is 1. The predicted octanol–water partition coefficient (Wildman–Crippen LogP) is 2.48. The SMILES string of the molecule is Cc1nc(C(=O)NC2CCN(Cc3ccccc3)CC2)ccc1C(=O)O. The molecule has 0 aliphatic carbocycles. The molecule has 2 aromatic rings. The van der Waals surface area contributed by atoms with Crippen LogP contribution in [0.15, 0.2) is 42.5 Å². The molecule has 6 nitrogen and oxygen atoms in total. The van der Waals surface area contributed by atoms with E-state index in [9.17, 15) is 9.59 Å². The van der Waals surface area contributed by atoms with Gasteiger partial charge in [-0.2, -0.15) is 0 Å². The maximum atomic E-state index is 12.4. The zero-order chi connectivity index (χ0) is 18.5. The van der Waals surface area contributed by atoms with E-state index in [0.717, 1.165) is 32.5 Å². The van der Waals surface area contributed by atoms with Crippen molar-refractivity contribution in [3.8, 4) is 0 Å². The van der Waals surface area contributed by atoms with Crippen molar-refractivity contribution in [1.82, 2.24) is 15.2 Å². The summed E-state index contributed by atoms with van der Waals surface area (Å²) in [6.07, 6.45) is 1.79. The van der Waals surface area contributed by atoms with Crippen LogP contribution in [-0.2, 0) is 6.54 Å². The lowest BCUT2D eigenvalue weighted by Gasteiger charge is -2.32. The van der Waals surface area contributed by atoms with Gasteiger partial charge in [-0.1, -0.05) is 30.3 Å². The second-order valence-electron chi connectivity index (χ2n) is 6.64. The van der Waals surface area contributed by atoms with Gasteiger partial charge in [0.05, 0.1) is 11.3 Å². The third-order valence-electron chi connectivity index (χ3n) is 4.72. The molecule has 1 aliphatic rings. The Bertz CT molecular complexity index is 784. The fraction of sp³-hybridized carbons (Fsp3) is 0.350. The molecule has 2 N–H and O–H groups in total. The molecule has 6 heteroatoms. The Morgan fingerprint density at radius 2 is 1.85 bits per heavy atom. The van der Waals surface area contributed by atoms with Crippen molar-refractivity contribution in [2.45, 2.75) is 32.4 Å². The third-order valence-corrected chi connectivity index (χ3v) is 4.72. The van der Waals surface area contributed by atoms with E-state index in [4.69, 9.17) is 5.11 Å². The third kappa shape index (κ3) is 4.46. The Morgan fingerprint density at radius 3 is 2.46 bits per heavy atom. The van der Waals surface area contributed by atoms with Gasteiger partial charge in [-0.05, 0) is 37.5 Å². The highest BCUT2D eigenvalue weighted by Crippen LogP contribution is 2.15. The first kappa shape index (κ1) is 18.1. The van der Waals surface area contributed by atoms with Crippen molar-refractivity contribution >= 4 is 11.9 Å². The standard InChI is InChI=1S/C20H23N3O3/c1-14-17(20(25)26)7-8-18(21-14)19(24)22-16-9-11-23(12-10-16)13-15-5-3-2-4-6-15/h2-8,16H,9-13H2,1H3,(H,22,24)(H,25,26). The molecule has 0 bridgehead atoms. The van der Waals surface area contributed by atoms with Crippen LogP contribution in [0.5, 0.6) is 0 Å². The second-order valence-corrected chi connectivity index (χ2v) is 6.64. The van der Waals surface area contributed by atoms with Crippen LogP contribution in [0.2, 0.25) is 0 Å². The van der Waals surface area contributed by atoms with Crippen LogP contribution in [-0.4, -0.2) is 46.0 Å². The molecule has 1 aromatic carbocycles. The average molecular weight is 353 g/mol. The lowest BCUT2D eigenvalue weighted by atomic mass is 10.0. The minimum atomic E-state index is -1.03. The maximum absolute atomic E-state index is 12.4. The molecule has 1 aliphatic heterocycles. The lowest BCUT2D eigenvalue weighted by Crippen LogP contribution is -2.44. The monoisotopic (exact) mass is 353 g/mol. The molecule has 0 saturated carbocycles. The molecular formula is C20H23N3O3. The molecule has 0 radical (unpaired) electrons. The van der Waals surface area contributed by atoms with Crippen molar-refractivity contribution in [3.05, 3.63) is 65.0 Å². The lowest BCUT2D eigenvalue weighted by molar-refractivity contribution is 0.0694. The summed E-state index contributed by atoms with van der Waals surface area (Å²) >= 11 is 0. The van der Waals surface area contributed by atoms with Gasteiger partial charge in [0.2, 0.25) is 0 Å². The fourth-order valence-electron chi connectivity index (χ4n) is 3.25. The number of rotatable bonds is 5. The maximum Gasteiger partial charge on any atom is 0.337 e. The van der Waals surface area contributed by atoms with Crippen molar-refractivity contribution in [2.75, 3.05) is 13.1 Å². The molecule has 1 aromatic heterocycles. The number of hydrogen-bond donors (Lipinski definition) is 2. The van der Waals surface area contributed by atoms with Gasteiger partial charge in [-0.15, -0.1) is 0 Å². The Balaban J connectivity index is 1.52. The van der Waals surface area contributed by atoms with Gasteiger partial charge in [0.15, 0.2) is 0 Å². The van der Waals surface area contributed by atoms with Crippen LogP contribution in [0.25, 0.3) is 0 Å². The number of aromatic carboxylic acids is 1. The molecule has 0 atom stereocenters. The smallest absolute Gasteiger partial charge is 0.337 e. The first-order valence-electron chi connectivity index (χ1n) is 8.81. The Hall–Kier alpha value is -2.73. The number of aryl methyl sites for hydroxylation is 1. The van der Waals surface area contributed by atoms with Crippen LogP contribution < -0.4 is 5.32 Å². The van der Waals surface area contributed by atoms with Crippen LogP contribution in [0.3, 0.4) is 0 Å². The highest BCUT2D eigenvalue weighted by molar-refractivity contribution is 5.94. The Morgan fingerprint density at radius 1 is 1.15 bits per heavy atom. The van der Waals surface area contributed by atoms with Gasteiger partial charge in [-0.3, -0.25) is 9.69 Å². The van der Waals surface area contributed by atoms with Gasteiger partial charge in [0.1, 0.15) is 5.69 Å². The number of aromatic nitrogens is 1. The summed E-state index contributed by atoms with van der Waals surface area (Å²) in [5.74, 6) is -1.28. The minimum Gasteiger partial charge on any atom is -0.478 e. The summed E-state index contributed by atoms with van der Waals surface area (Å²) < 4.78 is 0. The van der Waals surface area contributed by atoms with Crippen molar-refractivity contribution in [3.63, 3.8) is 0 Å². The van der Waals surface area contributed by atoms with Crippen LogP contribution in [0.1, 0.15) is 44.9 Å². The number of amides is 1. The molecule has 136 valence electrons. The number of likely N-dealkylation sites (tertiary alicyclic amines) is 1. The molecule has 0 spiro atoms. The number of carboxylic acids is 1. The van der Waals surface area contributed by atoms with Crippen molar-refractivity contribution in [1.29, 1.82) is 0 Å². The van der Waals surface area contributed by atoms with Crippen molar-refractivity contribution < 1.29 is 14.7 Å². The number of piperidine rings is 1. The highest BCUT2D eigenvalue weighted by Gasteiger charge is 2.22. The van der Waals surface area contributed by atoms with E-state index in [-0.39, 0.29) is 23.2 Å². The van der Waals surface area contributed by atoms with E-state index in [0.29, 0.717) is 5.69 Å². The molecular weight excluding hydrogens is 330 g/mol. The molecule has 2 heterocycles. The fourth-order valence-corrected chi connectivity index (χ4v) is 3.25. The topological polar surface area (TPSA) is 82.5 Å². The number of benzene rings is 1. The first-order valence-corrected chi connectivity index (χ1v) is 8.81. The number of carbonyl (C=O) groups is 2. The van der Waals surface area contributed by atoms with Gasteiger partial charge in [0, 0.05) is 25.7 Å². The summed E-state index contributed by atoms with van der Waals surface area (Å²) in [5, 5.41) is 12.1. The van der Waals surface area contributed by atoms with E-state index in [1.807, 2.05) is 18.2 Å². The van der Waals surface area contributed by atoms with E-state index < -0.39 is 5.97 Å². The average Bonchev–Trinajstić information content (AvgIpc) is 2.64. The molecule has 1 amide bonds. The van der Waals surface area contributed by atoms with E-state index in [1.165, 1.54) is 17.7 Å². The zero-order valence-corrected chi connectivity index (χ0v) is 14.8. The number of nitrogens with zero attached hydrogens (tertiary/aromatic N) is 2. The van der Waals surface area contributed by atoms with E-state index >= 15 is 0 Å². The number of carboxylic acid groups (broad SMARTS) is 1. The first-order chi connectivity index (χ1) is 12.5. The van der Waals surface area contributed by atoms with Crippen molar-refractivity contribution in [2.24, 2.45) is 0 Å². The van der Waals surface area contributed by atoms with Gasteiger partial charge < -0.3 is 10.4 Å². The molecule has 3 rings (SSSR count). The number of pyridine rings is 1. The molecule has 26 heavy (non-hydrogen) atoms. The quantitative estimate of drug-likeness (QED) is 0.863. The van der Waals surface area contributed by atoms with Gasteiger partial charge in [-0.25, -0.2) is 9.78 Å². The zero-order valence-electron chi connectivity index (χ0n) is 14.8. The highest BCUT2D eigenvalue weighted by atomic mass is 16.4. The largest absolute Gasteiger partial charge is 0.478 e. The summed E-state index contributed by atoms with van der Waals surface area (Å²) in [6.45, 7) is 4.40. The summed E-state index contributed by atoms with van der Waals surface area (Å²) in [4.78, 5) is 29.9. The second kappa shape index (κ2) is 8.10. The minimum absolute atomic E-state index is 0.121. The van der Waals surface area contributed by atoms with E-state index in [2.05, 4.69) is 27.3 Å². The summed E-state index contributed by atoms with van der Waals surface area (Å²) in [7, 11) is 0. The predicted molar refractivity (Wildman–Crippen MR) is 98.1 cm³/mol. The summed E-state index contributed by atoms with van der Waals surface area (Å²) in [5.41, 5.74) is 2.03. The number of hydrogen-bond acceptors (Lipinski definition) is 4. The van der Waals surface area contributed by atoms with E-state index in [1.54, 1.807) is 6.92 Å². The van der Waals surface area contributed by atoms with Crippen LogP contribution in [0, 0.1) is 6.92 Å². The van der Waals surface area contributed by atoms with Gasteiger partial charge >= 0.3 is 5.97 Å². The molecule has 1 saturated heterocycles. The normalized spacial score (nSPS) is 15.6. The molecule has 1 fully saturated rings. The molecule has 0 unspecified atom stereocenters. The summed E-state index contributed by atoms with van der Waals surface area (Å²) in [6, 6.07) is 13.4. The van der Waals surface area contributed by atoms with Gasteiger partial charge in [0.25, 0.3) is 5.91 Å².